The molecule has 18 heavy (non-hydrogen) atoms. The van der Waals surface area contributed by atoms with Crippen molar-refractivity contribution in [2.45, 2.75) is 25.4 Å². The molecule has 0 aromatic heterocycles. The van der Waals surface area contributed by atoms with E-state index in [4.69, 9.17) is 27.9 Å². The molecule has 2 atom stereocenters. The highest BCUT2D eigenvalue weighted by molar-refractivity contribution is 6.42. The van der Waals surface area contributed by atoms with Crippen LogP contribution in [0.15, 0.2) is 18.2 Å². The Morgan fingerprint density at radius 2 is 2.17 bits per heavy atom. The van der Waals surface area contributed by atoms with E-state index in [0.717, 1.165) is 0 Å². The van der Waals surface area contributed by atoms with E-state index in [1.165, 1.54) is 0 Å². The van der Waals surface area contributed by atoms with Gasteiger partial charge in [0.1, 0.15) is 0 Å². The Hall–Kier alpha value is -0.610. The molecule has 98 valence electrons. The summed E-state index contributed by atoms with van der Waals surface area (Å²) >= 11 is 11.7. The number of rotatable bonds is 3. The highest BCUT2D eigenvalue weighted by Crippen LogP contribution is 2.23. The van der Waals surface area contributed by atoms with E-state index < -0.39 is 0 Å². The maximum absolute atomic E-state index is 12.1. The number of morpholine rings is 1. The summed E-state index contributed by atoms with van der Waals surface area (Å²) in [6, 6.07) is 5.30. The monoisotopic (exact) mass is 287 g/mol. The van der Waals surface area contributed by atoms with Crippen molar-refractivity contribution in [3.05, 3.63) is 33.8 Å². The third kappa shape index (κ3) is 3.45. The molecule has 3 nitrogen and oxygen atoms in total. The maximum atomic E-state index is 12.1. The zero-order valence-corrected chi connectivity index (χ0v) is 11.6. The number of ether oxygens (including phenoxy) is 1. The van der Waals surface area contributed by atoms with Crippen LogP contribution >= 0.6 is 23.2 Å². The molecule has 0 spiro atoms. The summed E-state index contributed by atoms with van der Waals surface area (Å²) in [6.45, 7) is 3.30. The smallest absolute Gasteiger partial charge is 0.164 e. The lowest BCUT2D eigenvalue weighted by atomic mass is 10.0. The van der Waals surface area contributed by atoms with E-state index in [-0.39, 0.29) is 17.9 Å². The number of hydrogen-bond acceptors (Lipinski definition) is 3. The van der Waals surface area contributed by atoms with Crippen molar-refractivity contribution in [3.8, 4) is 0 Å². The molecule has 1 saturated heterocycles. The lowest BCUT2D eigenvalue weighted by Gasteiger charge is -2.28. The predicted molar refractivity (Wildman–Crippen MR) is 72.6 cm³/mol. The minimum atomic E-state index is 0.0452. The van der Waals surface area contributed by atoms with Gasteiger partial charge in [-0.2, -0.15) is 0 Å². The Morgan fingerprint density at radius 3 is 2.83 bits per heavy atom. The fourth-order valence-corrected chi connectivity index (χ4v) is 2.31. The molecular weight excluding hydrogens is 273 g/mol. The quantitative estimate of drug-likeness (QED) is 0.869. The van der Waals surface area contributed by atoms with Gasteiger partial charge >= 0.3 is 0 Å². The molecule has 1 aliphatic rings. The molecule has 1 aliphatic heterocycles. The largest absolute Gasteiger partial charge is 0.378 e. The number of Topliss-reactive ketones (excluding diaryl/α,β-unsaturated/α-hetero) is 1. The summed E-state index contributed by atoms with van der Waals surface area (Å²) < 4.78 is 5.41. The number of benzene rings is 1. The molecule has 2 rings (SSSR count). The van der Waals surface area contributed by atoms with Crippen LogP contribution in [0.5, 0.6) is 0 Å². The molecule has 1 heterocycles. The van der Waals surface area contributed by atoms with Gasteiger partial charge in [-0.15, -0.1) is 0 Å². The lowest BCUT2D eigenvalue weighted by Crippen LogP contribution is -2.48. The number of hydrogen-bond donors (Lipinski definition) is 1. The zero-order valence-electron chi connectivity index (χ0n) is 10.1. The van der Waals surface area contributed by atoms with Crippen LogP contribution in [-0.4, -0.2) is 31.1 Å². The number of carbonyl (C=O) groups excluding carboxylic acids is 1. The van der Waals surface area contributed by atoms with E-state index in [1.807, 2.05) is 6.92 Å². The summed E-state index contributed by atoms with van der Waals surface area (Å²) in [5.74, 6) is 0.0452. The molecule has 1 fully saturated rings. The number of nitrogens with one attached hydrogen (secondary N) is 1. The molecule has 0 bridgehead atoms. The molecule has 5 heteroatoms. The number of halogens is 2. The fourth-order valence-electron chi connectivity index (χ4n) is 2.01. The average molecular weight is 288 g/mol. The normalized spacial score (nSPS) is 23.9. The summed E-state index contributed by atoms with van der Waals surface area (Å²) in [4.78, 5) is 12.1. The van der Waals surface area contributed by atoms with Gasteiger partial charge in [0.15, 0.2) is 5.78 Å². The molecule has 2 unspecified atom stereocenters. The van der Waals surface area contributed by atoms with Gasteiger partial charge in [-0.25, -0.2) is 0 Å². The molecule has 1 aromatic carbocycles. The Morgan fingerprint density at radius 1 is 1.39 bits per heavy atom. The maximum Gasteiger partial charge on any atom is 0.164 e. The van der Waals surface area contributed by atoms with Crippen molar-refractivity contribution < 1.29 is 9.53 Å². The van der Waals surface area contributed by atoms with Gasteiger partial charge in [0, 0.05) is 24.1 Å². The van der Waals surface area contributed by atoms with E-state index in [9.17, 15) is 4.79 Å². The third-order valence-corrected chi connectivity index (χ3v) is 3.62. The van der Waals surface area contributed by atoms with Crippen molar-refractivity contribution in [1.29, 1.82) is 0 Å². The second-order valence-corrected chi connectivity index (χ2v) is 5.37. The second kappa shape index (κ2) is 6.02. The number of ketones is 1. The first kappa shape index (κ1) is 13.8. The first-order chi connectivity index (χ1) is 8.56. The van der Waals surface area contributed by atoms with E-state index in [1.54, 1.807) is 18.2 Å². The highest BCUT2D eigenvalue weighted by atomic mass is 35.5. The summed E-state index contributed by atoms with van der Waals surface area (Å²) in [5.41, 5.74) is 0.587. The Balaban J connectivity index is 2.00. The van der Waals surface area contributed by atoms with Gasteiger partial charge in [0.25, 0.3) is 0 Å². The van der Waals surface area contributed by atoms with Gasteiger partial charge in [0.05, 0.1) is 23.3 Å². The molecule has 0 aliphatic carbocycles. The molecular formula is C13H15Cl2NO2. The Bertz CT molecular complexity index is 451. The van der Waals surface area contributed by atoms with Crippen LogP contribution in [0.4, 0.5) is 0 Å². The van der Waals surface area contributed by atoms with Gasteiger partial charge in [-0.3, -0.25) is 4.79 Å². The van der Waals surface area contributed by atoms with Gasteiger partial charge in [-0.05, 0) is 25.1 Å². The molecule has 1 aromatic rings. The molecule has 0 saturated carbocycles. The lowest BCUT2D eigenvalue weighted by molar-refractivity contribution is 0.0463. The van der Waals surface area contributed by atoms with E-state index in [2.05, 4.69) is 5.32 Å². The van der Waals surface area contributed by atoms with E-state index in [0.29, 0.717) is 35.2 Å². The van der Waals surface area contributed by atoms with Gasteiger partial charge < -0.3 is 10.1 Å². The fraction of sp³-hybridized carbons (Fsp3) is 0.462. The van der Waals surface area contributed by atoms with Crippen LogP contribution in [-0.2, 0) is 4.74 Å². The first-order valence-electron chi connectivity index (χ1n) is 5.88. The van der Waals surface area contributed by atoms with Crippen LogP contribution < -0.4 is 5.32 Å². The second-order valence-electron chi connectivity index (χ2n) is 4.56. The topological polar surface area (TPSA) is 38.3 Å². The van der Waals surface area contributed by atoms with Crippen molar-refractivity contribution >= 4 is 29.0 Å². The summed E-state index contributed by atoms with van der Waals surface area (Å²) in [7, 11) is 0. The number of carbonyl (C=O) groups is 1. The third-order valence-electron chi connectivity index (χ3n) is 2.88. The highest BCUT2D eigenvalue weighted by Gasteiger charge is 2.21. The van der Waals surface area contributed by atoms with Gasteiger partial charge in [-0.1, -0.05) is 23.2 Å². The van der Waals surface area contributed by atoms with Crippen LogP contribution in [0.3, 0.4) is 0 Å². The van der Waals surface area contributed by atoms with Crippen LogP contribution in [0.2, 0.25) is 10.0 Å². The summed E-state index contributed by atoms with van der Waals surface area (Å²) in [6.07, 6.45) is 0.405. The Labute approximate surface area is 116 Å². The van der Waals surface area contributed by atoms with Crippen molar-refractivity contribution in [2.75, 3.05) is 13.2 Å². The first-order valence-corrected chi connectivity index (χ1v) is 6.64. The van der Waals surface area contributed by atoms with Crippen molar-refractivity contribution in [2.24, 2.45) is 0 Å². The standard InChI is InChI=1S/C13H15Cl2NO2/c1-8-6-18-7-10(16-8)5-13(17)9-2-3-11(14)12(15)4-9/h2-4,8,10,16H,5-7H2,1H3. The van der Waals surface area contributed by atoms with Crippen LogP contribution in [0.25, 0.3) is 0 Å². The van der Waals surface area contributed by atoms with Gasteiger partial charge in [0.2, 0.25) is 0 Å². The summed E-state index contributed by atoms with van der Waals surface area (Å²) in [5, 5.41) is 4.20. The van der Waals surface area contributed by atoms with E-state index >= 15 is 0 Å². The average Bonchev–Trinajstić information content (AvgIpc) is 2.32. The van der Waals surface area contributed by atoms with Crippen molar-refractivity contribution in [1.82, 2.24) is 5.32 Å². The molecule has 0 amide bonds. The van der Waals surface area contributed by atoms with Crippen LogP contribution in [0.1, 0.15) is 23.7 Å². The predicted octanol–water partition coefficient (Wildman–Crippen LogP) is 2.94. The SMILES string of the molecule is CC1COCC(CC(=O)c2ccc(Cl)c(Cl)c2)N1. The zero-order chi connectivity index (χ0) is 13.1. The van der Waals surface area contributed by atoms with Crippen molar-refractivity contribution in [3.63, 3.8) is 0 Å². The minimum Gasteiger partial charge on any atom is -0.378 e. The van der Waals surface area contributed by atoms with Crippen LogP contribution in [0, 0.1) is 0 Å². The molecule has 0 radical (unpaired) electrons. The minimum absolute atomic E-state index is 0.0452. The Kier molecular flexibility index (Phi) is 4.62. The molecule has 1 N–H and O–H groups in total.